The maximum atomic E-state index is 13.4. The monoisotopic (exact) mass is 411 g/mol. The van der Waals surface area contributed by atoms with Crippen LogP contribution in [0, 0.1) is 29.1 Å². The standard InChI is InChI=1S/C25H37N3O2/c1-17(2)22(23(29)26-9-10-28(3)21-7-5-4-6-8-21)27-24(30)25-14-18-11-19(15-25)13-20(12-18)16-25/h4-8,17-20,22H,9-16H2,1-3H3,(H,26,29)(H,27,30). The van der Waals surface area contributed by atoms with E-state index in [-0.39, 0.29) is 23.1 Å². The van der Waals surface area contributed by atoms with Crippen LogP contribution in [0.5, 0.6) is 0 Å². The average molecular weight is 412 g/mol. The molecule has 1 aromatic rings. The van der Waals surface area contributed by atoms with Crippen molar-refractivity contribution in [2.75, 3.05) is 25.0 Å². The molecule has 2 N–H and O–H groups in total. The Morgan fingerprint density at radius 2 is 1.60 bits per heavy atom. The molecule has 0 heterocycles. The number of anilines is 1. The van der Waals surface area contributed by atoms with E-state index in [1.165, 1.54) is 19.3 Å². The van der Waals surface area contributed by atoms with E-state index in [4.69, 9.17) is 0 Å². The summed E-state index contributed by atoms with van der Waals surface area (Å²) >= 11 is 0. The molecule has 4 aliphatic carbocycles. The number of carbonyl (C=O) groups is 2. The third kappa shape index (κ3) is 4.35. The lowest BCUT2D eigenvalue weighted by Gasteiger charge is -2.55. The molecule has 5 heteroatoms. The van der Waals surface area contributed by atoms with Crippen molar-refractivity contribution in [2.45, 2.75) is 58.4 Å². The van der Waals surface area contributed by atoms with E-state index >= 15 is 0 Å². The van der Waals surface area contributed by atoms with Gasteiger partial charge >= 0.3 is 0 Å². The Kier molecular flexibility index (Phi) is 6.08. The molecule has 4 aliphatic rings. The Labute approximate surface area is 181 Å². The molecular formula is C25H37N3O2. The number of amides is 2. The summed E-state index contributed by atoms with van der Waals surface area (Å²) in [6.07, 6.45) is 7.03. The fourth-order valence-electron chi connectivity index (χ4n) is 6.49. The zero-order valence-corrected chi connectivity index (χ0v) is 18.7. The van der Waals surface area contributed by atoms with Crippen LogP contribution in [0.2, 0.25) is 0 Å². The van der Waals surface area contributed by atoms with Crippen molar-refractivity contribution in [3.05, 3.63) is 30.3 Å². The molecule has 4 saturated carbocycles. The number of likely N-dealkylation sites (N-methyl/N-ethyl adjacent to an activating group) is 1. The summed E-state index contributed by atoms with van der Waals surface area (Å²) in [7, 11) is 2.02. The molecule has 30 heavy (non-hydrogen) atoms. The Hall–Kier alpha value is -2.04. The summed E-state index contributed by atoms with van der Waals surface area (Å²) in [5, 5.41) is 6.23. The Bertz CT molecular complexity index is 726. The van der Waals surface area contributed by atoms with Crippen LogP contribution in [0.4, 0.5) is 5.69 Å². The predicted molar refractivity (Wildman–Crippen MR) is 120 cm³/mol. The van der Waals surface area contributed by atoms with Crippen LogP contribution >= 0.6 is 0 Å². The van der Waals surface area contributed by atoms with Gasteiger partial charge in [0.2, 0.25) is 11.8 Å². The van der Waals surface area contributed by atoms with Gasteiger partial charge in [0.15, 0.2) is 0 Å². The zero-order valence-electron chi connectivity index (χ0n) is 18.7. The van der Waals surface area contributed by atoms with Gasteiger partial charge in [-0.1, -0.05) is 32.0 Å². The smallest absolute Gasteiger partial charge is 0.242 e. The molecule has 5 rings (SSSR count). The first-order valence-electron chi connectivity index (χ1n) is 11.7. The molecule has 4 fully saturated rings. The van der Waals surface area contributed by atoms with E-state index in [1.54, 1.807) is 0 Å². The molecule has 0 aliphatic heterocycles. The highest BCUT2D eigenvalue weighted by atomic mass is 16.2. The maximum absolute atomic E-state index is 13.4. The summed E-state index contributed by atoms with van der Waals surface area (Å²) in [6.45, 7) is 5.31. The highest BCUT2D eigenvalue weighted by molar-refractivity contribution is 5.90. The first-order chi connectivity index (χ1) is 14.4. The van der Waals surface area contributed by atoms with Gasteiger partial charge < -0.3 is 15.5 Å². The fraction of sp³-hybridized carbons (Fsp3) is 0.680. The van der Waals surface area contributed by atoms with Crippen LogP contribution in [0.25, 0.3) is 0 Å². The second-order valence-electron chi connectivity index (χ2n) is 10.4. The van der Waals surface area contributed by atoms with Crippen LogP contribution in [-0.2, 0) is 9.59 Å². The quantitative estimate of drug-likeness (QED) is 0.687. The van der Waals surface area contributed by atoms with E-state index < -0.39 is 6.04 Å². The van der Waals surface area contributed by atoms with Gasteiger partial charge in [-0.2, -0.15) is 0 Å². The van der Waals surface area contributed by atoms with Crippen molar-refractivity contribution in [1.29, 1.82) is 0 Å². The molecule has 1 aromatic carbocycles. The van der Waals surface area contributed by atoms with Crippen LogP contribution in [0.1, 0.15) is 52.4 Å². The molecule has 2 amide bonds. The number of hydrogen-bond acceptors (Lipinski definition) is 3. The van der Waals surface area contributed by atoms with E-state index in [9.17, 15) is 9.59 Å². The lowest BCUT2D eigenvalue weighted by atomic mass is 9.49. The Balaban J connectivity index is 1.32. The summed E-state index contributed by atoms with van der Waals surface area (Å²) in [4.78, 5) is 28.4. The molecule has 1 atom stereocenters. The van der Waals surface area contributed by atoms with E-state index in [0.717, 1.165) is 49.2 Å². The minimum absolute atomic E-state index is 0.0646. The Morgan fingerprint density at radius 1 is 1.03 bits per heavy atom. The van der Waals surface area contributed by atoms with Crippen molar-refractivity contribution in [3.63, 3.8) is 0 Å². The topological polar surface area (TPSA) is 61.4 Å². The second-order valence-corrected chi connectivity index (χ2v) is 10.4. The number of rotatable bonds is 8. The van der Waals surface area contributed by atoms with Gasteiger partial charge in [-0.3, -0.25) is 9.59 Å². The third-order valence-electron chi connectivity index (χ3n) is 7.70. The van der Waals surface area contributed by atoms with Gasteiger partial charge in [-0.05, 0) is 74.3 Å². The first kappa shape index (κ1) is 21.2. The molecule has 1 unspecified atom stereocenters. The summed E-state index contributed by atoms with van der Waals surface area (Å²) in [5.74, 6) is 2.31. The largest absolute Gasteiger partial charge is 0.373 e. The summed E-state index contributed by atoms with van der Waals surface area (Å²) < 4.78 is 0. The van der Waals surface area contributed by atoms with Crippen LogP contribution < -0.4 is 15.5 Å². The lowest BCUT2D eigenvalue weighted by molar-refractivity contribution is -0.149. The van der Waals surface area contributed by atoms with Gasteiger partial charge in [0, 0.05) is 31.2 Å². The van der Waals surface area contributed by atoms with Gasteiger partial charge in [-0.15, -0.1) is 0 Å². The Morgan fingerprint density at radius 3 is 2.13 bits per heavy atom. The molecule has 0 saturated heterocycles. The number of carbonyl (C=O) groups excluding carboxylic acids is 2. The molecule has 0 radical (unpaired) electrons. The molecule has 0 aromatic heterocycles. The molecular weight excluding hydrogens is 374 g/mol. The fourth-order valence-corrected chi connectivity index (χ4v) is 6.49. The van der Waals surface area contributed by atoms with E-state index in [0.29, 0.717) is 6.54 Å². The minimum Gasteiger partial charge on any atom is -0.373 e. The first-order valence-corrected chi connectivity index (χ1v) is 11.7. The van der Waals surface area contributed by atoms with Gasteiger partial charge in [0.1, 0.15) is 6.04 Å². The lowest BCUT2D eigenvalue weighted by Crippen LogP contribution is -2.58. The maximum Gasteiger partial charge on any atom is 0.242 e. The third-order valence-corrected chi connectivity index (χ3v) is 7.70. The van der Waals surface area contributed by atoms with Gasteiger partial charge in [0.05, 0.1) is 0 Å². The number of nitrogens with one attached hydrogen (secondary N) is 2. The molecule has 164 valence electrons. The average Bonchev–Trinajstić information content (AvgIpc) is 2.71. The normalized spacial score (nSPS) is 30.2. The second kappa shape index (κ2) is 8.60. The highest BCUT2D eigenvalue weighted by Gasteiger charge is 2.55. The van der Waals surface area contributed by atoms with E-state index in [2.05, 4.69) is 27.7 Å². The van der Waals surface area contributed by atoms with Crippen LogP contribution in [0.15, 0.2) is 30.3 Å². The number of para-hydroxylation sites is 1. The van der Waals surface area contributed by atoms with Crippen LogP contribution in [-0.4, -0.2) is 38.0 Å². The highest BCUT2D eigenvalue weighted by Crippen LogP contribution is 2.60. The van der Waals surface area contributed by atoms with Crippen molar-refractivity contribution < 1.29 is 9.59 Å². The number of nitrogens with zero attached hydrogens (tertiary/aromatic N) is 1. The van der Waals surface area contributed by atoms with Crippen molar-refractivity contribution >= 4 is 17.5 Å². The summed E-state index contributed by atoms with van der Waals surface area (Å²) in [5.41, 5.74) is 0.915. The minimum atomic E-state index is -0.465. The van der Waals surface area contributed by atoms with Gasteiger partial charge in [0.25, 0.3) is 0 Å². The predicted octanol–water partition coefficient (Wildman–Crippen LogP) is 3.60. The SMILES string of the molecule is CC(C)C(NC(=O)C12CC3CC(CC(C3)C1)C2)C(=O)NCCN(C)c1ccccc1. The molecule has 5 nitrogen and oxygen atoms in total. The van der Waals surface area contributed by atoms with Gasteiger partial charge in [-0.25, -0.2) is 0 Å². The number of hydrogen-bond donors (Lipinski definition) is 2. The molecule has 0 spiro atoms. The zero-order chi connectivity index (χ0) is 21.3. The van der Waals surface area contributed by atoms with E-state index in [1.807, 2.05) is 39.1 Å². The van der Waals surface area contributed by atoms with Crippen molar-refractivity contribution in [1.82, 2.24) is 10.6 Å². The van der Waals surface area contributed by atoms with Crippen molar-refractivity contribution in [2.24, 2.45) is 29.1 Å². The summed E-state index contributed by atoms with van der Waals surface area (Å²) in [6, 6.07) is 9.68. The number of benzene rings is 1. The van der Waals surface area contributed by atoms with Crippen LogP contribution in [0.3, 0.4) is 0 Å². The molecule has 4 bridgehead atoms. The van der Waals surface area contributed by atoms with Crippen molar-refractivity contribution in [3.8, 4) is 0 Å².